The van der Waals surface area contributed by atoms with Gasteiger partial charge in [-0.1, -0.05) is 11.6 Å². The third kappa shape index (κ3) is 5.16. The van der Waals surface area contributed by atoms with Crippen molar-refractivity contribution in [3.63, 3.8) is 0 Å². The summed E-state index contributed by atoms with van der Waals surface area (Å²) in [5.41, 5.74) is 1.36. The van der Waals surface area contributed by atoms with Crippen LogP contribution in [-0.2, 0) is 9.59 Å². The first-order chi connectivity index (χ1) is 8.24. The van der Waals surface area contributed by atoms with Gasteiger partial charge in [-0.3, -0.25) is 9.59 Å². The van der Waals surface area contributed by atoms with Crippen LogP contribution < -0.4 is 10.6 Å². The maximum absolute atomic E-state index is 11.2. The molecule has 0 aromatic rings. The molecule has 0 aliphatic heterocycles. The number of hydrogen-bond acceptors (Lipinski definition) is 3. The number of allylic oxidation sites excluding steroid dienone is 1. The first-order valence-electron chi connectivity index (χ1n) is 5.85. The first kappa shape index (κ1) is 13.2. The van der Waals surface area contributed by atoms with Crippen molar-refractivity contribution in [1.29, 1.82) is 5.26 Å². The van der Waals surface area contributed by atoms with E-state index in [-0.39, 0.29) is 6.54 Å². The summed E-state index contributed by atoms with van der Waals surface area (Å²) in [6.07, 6.45) is 7.68. The van der Waals surface area contributed by atoms with Crippen LogP contribution in [0.3, 0.4) is 0 Å². The van der Waals surface area contributed by atoms with Crippen LogP contribution in [0.5, 0.6) is 0 Å². The molecule has 1 rings (SSSR count). The predicted octanol–water partition coefficient (Wildman–Crippen LogP) is 0.633. The second-order valence-electron chi connectivity index (χ2n) is 3.95. The lowest BCUT2D eigenvalue weighted by atomic mass is 9.97. The van der Waals surface area contributed by atoms with E-state index in [2.05, 4.69) is 16.7 Å². The van der Waals surface area contributed by atoms with E-state index in [1.54, 1.807) is 6.07 Å². The van der Waals surface area contributed by atoms with Crippen molar-refractivity contribution in [2.75, 3.05) is 13.1 Å². The highest BCUT2D eigenvalue weighted by Crippen LogP contribution is 2.19. The molecule has 0 aromatic heterocycles. The van der Waals surface area contributed by atoms with Crippen molar-refractivity contribution in [2.45, 2.75) is 32.1 Å². The van der Waals surface area contributed by atoms with E-state index in [1.807, 2.05) is 0 Å². The summed E-state index contributed by atoms with van der Waals surface area (Å²) in [6.45, 7) is 0.335. The molecule has 1 aliphatic carbocycles. The van der Waals surface area contributed by atoms with Gasteiger partial charge in [-0.25, -0.2) is 0 Å². The van der Waals surface area contributed by atoms with Gasteiger partial charge in [0.1, 0.15) is 6.54 Å². The van der Waals surface area contributed by atoms with Gasteiger partial charge in [-0.2, -0.15) is 5.26 Å². The minimum atomic E-state index is -0.746. The molecule has 0 saturated carbocycles. The molecule has 0 atom stereocenters. The van der Waals surface area contributed by atoms with Gasteiger partial charge in [0.05, 0.1) is 6.07 Å². The average molecular weight is 235 g/mol. The molecule has 0 fully saturated rings. The molecular weight excluding hydrogens is 218 g/mol. The van der Waals surface area contributed by atoms with Crippen molar-refractivity contribution in [3.8, 4) is 6.07 Å². The summed E-state index contributed by atoms with van der Waals surface area (Å²) in [5.74, 6) is -1.42. The van der Waals surface area contributed by atoms with Crippen LogP contribution in [0.1, 0.15) is 32.1 Å². The van der Waals surface area contributed by atoms with Gasteiger partial charge in [-0.05, 0) is 32.1 Å². The highest BCUT2D eigenvalue weighted by Gasteiger charge is 2.12. The molecular formula is C12H17N3O2. The lowest BCUT2D eigenvalue weighted by molar-refractivity contribution is -0.139. The fraction of sp³-hybridized carbons (Fsp3) is 0.583. The zero-order chi connectivity index (χ0) is 12.5. The second-order valence-corrected chi connectivity index (χ2v) is 3.95. The third-order valence-corrected chi connectivity index (χ3v) is 2.65. The van der Waals surface area contributed by atoms with E-state index in [4.69, 9.17) is 5.26 Å². The molecule has 1 aliphatic rings. The molecule has 5 nitrogen and oxygen atoms in total. The standard InChI is InChI=1S/C12H17N3O2/c13-7-9-15-12(17)11(16)14-8-6-10-4-2-1-3-5-10/h4H,1-3,5-6,8-9H2,(H,14,16)(H,15,17). The van der Waals surface area contributed by atoms with Gasteiger partial charge in [0.2, 0.25) is 0 Å². The number of amides is 2. The smallest absolute Gasteiger partial charge is 0.310 e. The minimum Gasteiger partial charge on any atom is -0.348 e. The predicted molar refractivity (Wildman–Crippen MR) is 62.8 cm³/mol. The number of nitrogens with one attached hydrogen (secondary N) is 2. The Morgan fingerprint density at radius 2 is 2.06 bits per heavy atom. The zero-order valence-electron chi connectivity index (χ0n) is 9.79. The molecule has 0 radical (unpaired) electrons. The molecule has 0 aromatic carbocycles. The molecule has 0 unspecified atom stereocenters. The van der Waals surface area contributed by atoms with Gasteiger partial charge in [0.25, 0.3) is 0 Å². The Morgan fingerprint density at radius 1 is 1.29 bits per heavy atom. The van der Waals surface area contributed by atoms with Crippen LogP contribution >= 0.6 is 0 Å². The summed E-state index contributed by atoms with van der Waals surface area (Å²) in [6, 6.07) is 1.74. The van der Waals surface area contributed by atoms with Crippen molar-refractivity contribution in [1.82, 2.24) is 10.6 Å². The fourth-order valence-corrected chi connectivity index (χ4v) is 1.75. The molecule has 2 N–H and O–H groups in total. The zero-order valence-corrected chi connectivity index (χ0v) is 9.79. The van der Waals surface area contributed by atoms with E-state index in [0.717, 1.165) is 19.3 Å². The van der Waals surface area contributed by atoms with Crippen LogP contribution in [-0.4, -0.2) is 24.9 Å². The summed E-state index contributed by atoms with van der Waals surface area (Å²) in [5, 5.41) is 13.0. The first-order valence-corrected chi connectivity index (χ1v) is 5.85. The Bertz CT molecular complexity index is 355. The lowest BCUT2D eigenvalue weighted by Crippen LogP contribution is -2.40. The van der Waals surface area contributed by atoms with Crippen molar-refractivity contribution < 1.29 is 9.59 Å². The van der Waals surface area contributed by atoms with Gasteiger partial charge in [-0.15, -0.1) is 0 Å². The summed E-state index contributed by atoms with van der Waals surface area (Å²) in [7, 11) is 0. The van der Waals surface area contributed by atoms with Gasteiger partial charge in [0, 0.05) is 6.54 Å². The molecule has 92 valence electrons. The van der Waals surface area contributed by atoms with Crippen molar-refractivity contribution in [2.24, 2.45) is 0 Å². The molecule has 5 heteroatoms. The fourth-order valence-electron chi connectivity index (χ4n) is 1.75. The third-order valence-electron chi connectivity index (χ3n) is 2.65. The number of rotatable bonds is 4. The highest BCUT2D eigenvalue weighted by molar-refractivity contribution is 6.35. The van der Waals surface area contributed by atoms with Crippen LogP contribution in [0, 0.1) is 11.3 Å². The van der Waals surface area contributed by atoms with Crippen LogP contribution in [0.15, 0.2) is 11.6 Å². The van der Waals surface area contributed by atoms with E-state index in [0.29, 0.717) is 6.54 Å². The summed E-state index contributed by atoms with van der Waals surface area (Å²) in [4.78, 5) is 22.3. The number of carbonyl (C=O) groups is 2. The van der Waals surface area contributed by atoms with Crippen molar-refractivity contribution >= 4 is 11.8 Å². The topological polar surface area (TPSA) is 82.0 Å². The van der Waals surface area contributed by atoms with Crippen LogP contribution in [0.25, 0.3) is 0 Å². The number of nitrogens with zero attached hydrogens (tertiary/aromatic N) is 1. The molecule has 2 amide bonds. The second kappa shape index (κ2) is 7.44. The molecule has 0 heterocycles. The van der Waals surface area contributed by atoms with E-state index >= 15 is 0 Å². The van der Waals surface area contributed by atoms with Crippen LogP contribution in [0.4, 0.5) is 0 Å². The maximum Gasteiger partial charge on any atom is 0.310 e. The Hall–Kier alpha value is -1.83. The quantitative estimate of drug-likeness (QED) is 0.426. The number of nitriles is 1. The minimum absolute atomic E-state index is 0.141. The normalized spacial score (nSPS) is 14.4. The van der Waals surface area contributed by atoms with Gasteiger partial charge < -0.3 is 10.6 Å². The van der Waals surface area contributed by atoms with Gasteiger partial charge in [0.15, 0.2) is 0 Å². The summed E-state index contributed by atoms with van der Waals surface area (Å²) < 4.78 is 0. The highest BCUT2D eigenvalue weighted by atomic mass is 16.2. The monoisotopic (exact) mass is 235 g/mol. The van der Waals surface area contributed by atoms with Crippen molar-refractivity contribution in [3.05, 3.63) is 11.6 Å². The average Bonchev–Trinajstić information content (AvgIpc) is 2.37. The van der Waals surface area contributed by atoms with E-state index in [1.165, 1.54) is 18.4 Å². The number of carbonyl (C=O) groups excluding carboxylic acids is 2. The summed E-state index contributed by atoms with van der Waals surface area (Å²) >= 11 is 0. The largest absolute Gasteiger partial charge is 0.348 e. The van der Waals surface area contributed by atoms with E-state index in [9.17, 15) is 9.59 Å². The molecule has 0 saturated heterocycles. The molecule has 0 spiro atoms. The Morgan fingerprint density at radius 3 is 2.71 bits per heavy atom. The molecule has 0 bridgehead atoms. The Kier molecular flexibility index (Phi) is 5.80. The Balaban J connectivity index is 2.17. The lowest BCUT2D eigenvalue weighted by Gasteiger charge is -2.12. The SMILES string of the molecule is N#CCNC(=O)C(=O)NCCC1=CCCCC1. The van der Waals surface area contributed by atoms with E-state index < -0.39 is 11.8 Å². The van der Waals surface area contributed by atoms with Crippen LogP contribution in [0.2, 0.25) is 0 Å². The van der Waals surface area contributed by atoms with Gasteiger partial charge >= 0.3 is 11.8 Å². The number of hydrogen-bond donors (Lipinski definition) is 2. The Labute approximate surface area is 101 Å². The maximum atomic E-state index is 11.2. The molecule has 17 heavy (non-hydrogen) atoms.